The van der Waals surface area contributed by atoms with Crippen LogP contribution in [-0.2, 0) is 6.42 Å². The topological polar surface area (TPSA) is 88.0 Å². The molecule has 2 N–H and O–H groups in total. The lowest BCUT2D eigenvalue weighted by atomic mass is 10.1. The average molecular weight is 344 g/mol. The minimum Gasteiger partial charge on any atom is -0.358 e. The molecule has 122 valence electrons. The molecule has 24 heavy (non-hydrogen) atoms. The van der Waals surface area contributed by atoms with Crippen molar-refractivity contribution in [1.29, 1.82) is 0 Å². The lowest BCUT2D eigenvalue weighted by Gasteiger charge is -2.06. The highest BCUT2D eigenvalue weighted by atomic mass is 35.5. The number of fused-ring (bicyclic) bond motifs is 1. The summed E-state index contributed by atoms with van der Waals surface area (Å²) in [5.41, 5.74) is 1.60. The molecule has 7 heteroatoms. The fourth-order valence-electron chi connectivity index (χ4n) is 2.56. The largest absolute Gasteiger partial charge is 0.358 e. The van der Waals surface area contributed by atoms with Crippen LogP contribution < -0.4 is 5.32 Å². The van der Waals surface area contributed by atoms with E-state index in [0.29, 0.717) is 13.0 Å². The molecule has 1 amide bonds. The highest BCUT2D eigenvalue weighted by molar-refractivity contribution is 6.33. The second-order valence-electron chi connectivity index (χ2n) is 5.28. The van der Waals surface area contributed by atoms with Gasteiger partial charge in [0, 0.05) is 24.2 Å². The summed E-state index contributed by atoms with van der Waals surface area (Å²) in [5, 5.41) is 14.8. The molecule has 0 atom stereocenters. The van der Waals surface area contributed by atoms with Crippen molar-refractivity contribution in [2.75, 3.05) is 6.54 Å². The first-order chi connectivity index (χ1) is 11.6. The lowest BCUT2D eigenvalue weighted by molar-refractivity contribution is -0.385. The number of para-hydroxylation sites is 2. The van der Waals surface area contributed by atoms with E-state index < -0.39 is 10.8 Å². The van der Waals surface area contributed by atoms with Crippen LogP contribution >= 0.6 is 11.6 Å². The van der Waals surface area contributed by atoms with Gasteiger partial charge in [-0.05, 0) is 29.7 Å². The maximum Gasteiger partial charge on any atom is 0.300 e. The Morgan fingerprint density at radius 1 is 1.21 bits per heavy atom. The smallest absolute Gasteiger partial charge is 0.300 e. The number of hydrogen-bond donors (Lipinski definition) is 2. The minimum atomic E-state index is -0.644. The Hall–Kier alpha value is -2.86. The first kappa shape index (κ1) is 16.0. The van der Waals surface area contributed by atoms with Crippen LogP contribution in [-0.4, -0.2) is 22.4 Å². The van der Waals surface area contributed by atoms with Crippen molar-refractivity contribution in [2.45, 2.75) is 6.42 Å². The number of benzene rings is 2. The predicted octanol–water partition coefficient (Wildman–Crippen LogP) is 3.70. The molecule has 0 fully saturated rings. The van der Waals surface area contributed by atoms with Crippen molar-refractivity contribution < 1.29 is 9.72 Å². The van der Waals surface area contributed by atoms with Crippen LogP contribution in [0.2, 0.25) is 5.02 Å². The molecule has 2 aromatic carbocycles. The fraction of sp³-hybridized carbons (Fsp3) is 0.118. The average Bonchev–Trinajstić information content (AvgIpc) is 2.96. The third kappa shape index (κ3) is 3.23. The van der Waals surface area contributed by atoms with Crippen LogP contribution in [0.3, 0.4) is 0 Å². The van der Waals surface area contributed by atoms with Crippen molar-refractivity contribution in [3.8, 4) is 0 Å². The Labute approximate surface area is 142 Å². The van der Waals surface area contributed by atoms with Gasteiger partial charge in [0.05, 0.1) is 4.92 Å². The number of H-pyrrole nitrogens is 1. The van der Waals surface area contributed by atoms with Crippen LogP contribution in [0.25, 0.3) is 10.9 Å². The van der Waals surface area contributed by atoms with E-state index in [9.17, 15) is 14.9 Å². The van der Waals surface area contributed by atoms with E-state index in [0.717, 1.165) is 16.6 Å². The van der Waals surface area contributed by atoms with Gasteiger partial charge in [-0.25, -0.2) is 0 Å². The van der Waals surface area contributed by atoms with Gasteiger partial charge in [-0.1, -0.05) is 35.9 Å². The monoisotopic (exact) mass is 343 g/mol. The van der Waals surface area contributed by atoms with Gasteiger partial charge in [0.25, 0.3) is 5.91 Å². The lowest BCUT2D eigenvalue weighted by Crippen LogP contribution is -2.26. The second kappa shape index (κ2) is 6.72. The number of nitrogens with one attached hydrogen (secondary N) is 2. The molecule has 0 unspecified atom stereocenters. The number of hydrogen-bond acceptors (Lipinski definition) is 3. The number of amides is 1. The van der Waals surface area contributed by atoms with Crippen LogP contribution in [0.1, 0.15) is 16.1 Å². The third-order valence-corrected chi connectivity index (χ3v) is 3.98. The molecule has 6 nitrogen and oxygen atoms in total. The molecule has 0 aliphatic carbocycles. The van der Waals surface area contributed by atoms with Crippen molar-refractivity contribution in [2.24, 2.45) is 0 Å². The number of carbonyl (C=O) groups excluding carboxylic acids is 1. The fourth-order valence-corrected chi connectivity index (χ4v) is 2.80. The van der Waals surface area contributed by atoms with E-state index in [1.54, 1.807) is 0 Å². The van der Waals surface area contributed by atoms with Crippen molar-refractivity contribution in [1.82, 2.24) is 10.3 Å². The molecule has 0 saturated carbocycles. The zero-order valence-corrected chi connectivity index (χ0v) is 13.3. The number of nitro groups is 1. The number of aromatic nitrogens is 1. The highest BCUT2D eigenvalue weighted by Gasteiger charge is 2.23. The van der Waals surface area contributed by atoms with Crippen LogP contribution in [0.15, 0.2) is 48.5 Å². The molecular weight excluding hydrogens is 330 g/mol. The third-order valence-electron chi connectivity index (χ3n) is 3.68. The molecule has 0 spiro atoms. The summed E-state index contributed by atoms with van der Waals surface area (Å²) in [6.45, 7) is 0.356. The minimum absolute atomic E-state index is 0.0378. The molecule has 3 rings (SSSR count). The number of carbonyl (C=O) groups is 1. The van der Waals surface area contributed by atoms with E-state index >= 15 is 0 Å². The molecule has 0 bridgehead atoms. The predicted molar refractivity (Wildman–Crippen MR) is 92.4 cm³/mol. The van der Waals surface area contributed by atoms with E-state index in [1.807, 2.05) is 30.3 Å². The van der Waals surface area contributed by atoms with Crippen LogP contribution in [0.5, 0.6) is 0 Å². The maximum absolute atomic E-state index is 12.2. The molecule has 0 aliphatic rings. The zero-order valence-electron chi connectivity index (χ0n) is 12.6. The number of nitrogens with zero attached hydrogens (tertiary/aromatic N) is 1. The summed E-state index contributed by atoms with van der Waals surface area (Å²) in [4.78, 5) is 25.9. The standard InChI is InChI=1S/C17H14ClN3O3/c18-14-6-3-5-13(16(14)21(23)24)17(22)19-9-8-12-10-11-4-1-2-7-15(11)20-12/h1-7,10,20H,8-9H2,(H,19,22). The SMILES string of the molecule is O=C(NCCc1cc2ccccc2[nH]1)c1cccc(Cl)c1[N+](=O)[O-]. The van der Waals surface area contributed by atoms with Gasteiger partial charge in [0.15, 0.2) is 0 Å². The molecule has 0 aliphatic heterocycles. The number of aromatic amines is 1. The van der Waals surface area contributed by atoms with E-state index in [1.165, 1.54) is 18.2 Å². The number of halogens is 1. The first-order valence-electron chi connectivity index (χ1n) is 7.34. The Balaban J connectivity index is 1.68. The van der Waals surface area contributed by atoms with E-state index in [4.69, 9.17) is 11.6 Å². The summed E-state index contributed by atoms with van der Waals surface area (Å²) >= 11 is 5.82. The van der Waals surface area contributed by atoms with Gasteiger partial charge >= 0.3 is 5.69 Å². The van der Waals surface area contributed by atoms with Crippen molar-refractivity contribution >= 4 is 34.1 Å². The molecule has 1 heterocycles. The Kier molecular flexibility index (Phi) is 4.48. The summed E-state index contributed by atoms with van der Waals surface area (Å²) in [6, 6.07) is 14.2. The first-order valence-corrected chi connectivity index (χ1v) is 7.72. The highest BCUT2D eigenvalue weighted by Crippen LogP contribution is 2.28. The Bertz CT molecular complexity index is 887. The zero-order chi connectivity index (χ0) is 17.1. The molecule has 1 aromatic heterocycles. The van der Waals surface area contributed by atoms with Gasteiger partial charge in [-0.2, -0.15) is 0 Å². The molecule has 3 aromatic rings. The van der Waals surface area contributed by atoms with E-state index in [-0.39, 0.29) is 16.3 Å². The van der Waals surface area contributed by atoms with Crippen molar-refractivity contribution in [3.63, 3.8) is 0 Å². The maximum atomic E-state index is 12.2. The Morgan fingerprint density at radius 2 is 2.00 bits per heavy atom. The van der Waals surface area contributed by atoms with Gasteiger partial charge in [0.1, 0.15) is 10.6 Å². The number of rotatable bonds is 5. The normalized spacial score (nSPS) is 10.7. The van der Waals surface area contributed by atoms with Gasteiger partial charge in [-0.3, -0.25) is 14.9 Å². The van der Waals surface area contributed by atoms with Gasteiger partial charge < -0.3 is 10.3 Å². The van der Waals surface area contributed by atoms with Gasteiger partial charge in [0.2, 0.25) is 0 Å². The summed E-state index contributed by atoms with van der Waals surface area (Å²) < 4.78 is 0. The van der Waals surface area contributed by atoms with Crippen LogP contribution in [0, 0.1) is 10.1 Å². The molecular formula is C17H14ClN3O3. The molecule has 0 saturated heterocycles. The Morgan fingerprint density at radius 3 is 2.75 bits per heavy atom. The van der Waals surface area contributed by atoms with Crippen LogP contribution in [0.4, 0.5) is 5.69 Å². The van der Waals surface area contributed by atoms with Gasteiger partial charge in [-0.15, -0.1) is 0 Å². The van der Waals surface area contributed by atoms with E-state index in [2.05, 4.69) is 10.3 Å². The van der Waals surface area contributed by atoms with Crippen molar-refractivity contribution in [3.05, 3.63) is 74.9 Å². The quantitative estimate of drug-likeness (QED) is 0.547. The number of nitro benzene ring substituents is 1. The summed E-state index contributed by atoms with van der Waals surface area (Å²) in [5.74, 6) is -0.514. The summed E-state index contributed by atoms with van der Waals surface area (Å²) in [7, 11) is 0. The summed E-state index contributed by atoms with van der Waals surface area (Å²) in [6.07, 6.45) is 0.592. The molecule has 0 radical (unpaired) electrons. The second-order valence-corrected chi connectivity index (χ2v) is 5.69.